The SMILES string of the molecule is CCn1c(=O)c(-c2ccc(C(=O)NCCOC)cc2)nc2cccnc21. The third kappa shape index (κ3) is 3.48. The lowest BCUT2D eigenvalue weighted by molar-refractivity contribution is 0.0937. The first kappa shape index (κ1) is 17.8. The summed E-state index contributed by atoms with van der Waals surface area (Å²) in [7, 11) is 1.58. The minimum absolute atomic E-state index is 0.185. The van der Waals surface area contributed by atoms with Gasteiger partial charge in [-0.2, -0.15) is 0 Å². The standard InChI is InChI=1S/C19H20N4O3/c1-3-23-17-15(5-4-10-20-17)22-16(19(23)25)13-6-8-14(9-7-13)18(24)21-11-12-26-2/h4-10H,3,11-12H2,1-2H3,(H,21,24). The summed E-state index contributed by atoms with van der Waals surface area (Å²) in [6, 6.07) is 10.4. The molecule has 0 aliphatic rings. The second kappa shape index (κ2) is 7.88. The molecule has 2 aromatic heterocycles. The third-order valence-electron chi connectivity index (χ3n) is 4.03. The van der Waals surface area contributed by atoms with Gasteiger partial charge in [-0.3, -0.25) is 14.2 Å². The van der Waals surface area contributed by atoms with Crippen LogP contribution in [0.5, 0.6) is 0 Å². The molecule has 134 valence electrons. The van der Waals surface area contributed by atoms with Crippen molar-refractivity contribution in [1.82, 2.24) is 19.9 Å². The van der Waals surface area contributed by atoms with Crippen LogP contribution in [-0.4, -0.2) is 40.7 Å². The number of rotatable bonds is 6. The van der Waals surface area contributed by atoms with Crippen molar-refractivity contribution in [2.24, 2.45) is 0 Å². The van der Waals surface area contributed by atoms with E-state index >= 15 is 0 Å². The number of aromatic nitrogens is 3. The molecule has 3 aromatic rings. The summed E-state index contributed by atoms with van der Waals surface area (Å²) >= 11 is 0. The van der Waals surface area contributed by atoms with Crippen LogP contribution in [0.2, 0.25) is 0 Å². The zero-order chi connectivity index (χ0) is 18.5. The van der Waals surface area contributed by atoms with E-state index in [1.54, 1.807) is 48.2 Å². The maximum Gasteiger partial charge on any atom is 0.278 e. The minimum atomic E-state index is -0.198. The van der Waals surface area contributed by atoms with Gasteiger partial charge in [0.1, 0.15) is 11.2 Å². The van der Waals surface area contributed by atoms with Gasteiger partial charge in [0.25, 0.3) is 11.5 Å². The molecule has 0 bridgehead atoms. The highest BCUT2D eigenvalue weighted by molar-refractivity contribution is 5.94. The van der Waals surface area contributed by atoms with Crippen molar-refractivity contribution in [2.45, 2.75) is 13.5 Å². The molecular weight excluding hydrogens is 332 g/mol. The molecule has 26 heavy (non-hydrogen) atoms. The Morgan fingerprint density at radius 1 is 1.23 bits per heavy atom. The van der Waals surface area contributed by atoms with E-state index < -0.39 is 0 Å². The van der Waals surface area contributed by atoms with Crippen LogP contribution in [0, 0.1) is 0 Å². The highest BCUT2D eigenvalue weighted by atomic mass is 16.5. The normalized spacial score (nSPS) is 10.8. The van der Waals surface area contributed by atoms with Gasteiger partial charge < -0.3 is 10.1 Å². The van der Waals surface area contributed by atoms with Gasteiger partial charge in [-0.1, -0.05) is 12.1 Å². The van der Waals surface area contributed by atoms with Gasteiger partial charge in [0.15, 0.2) is 5.65 Å². The second-order valence-electron chi connectivity index (χ2n) is 5.68. The Kier molecular flexibility index (Phi) is 5.38. The summed E-state index contributed by atoms with van der Waals surface area (Å²) < 4.78 is 6.51. The quantitative estimate of drug-likeness (QED) is 0.684. The molecule has 3 rings (SSSR count). The van der Waals surface area contributed by atoms with Gasteiger partial charge in [-0.15, -0.1) is 0 Å². The summed E-state index contributed by atoms with van der Waals surface area (Å²) in [6.07, 6.45) is 1.65. The molecule has 0 unspecified atom stereocenters. The summed E-state index contributed by atoms with van der Waals surface area (Å²) in [5.74, 6) is -0.185. The molecule has 7 nitrogen and oxygen atoms in total. The number of methoxy groups -OCH3 is 1. The van der Waals surface area contributed by atoms with Crippen molar-refractivity contribution in [1.29, 1.82) is 0 Å². The van der Waals surface area contributed by atoms with Gasteiger partial charge in [-0.05, 0) is 31.2 Å². The number of pyridine rings is 1. The molecule has 0 aliphatic carbocycles. The lowest BCUT2D eigenvalue weighted by Gasteiger charge is -2.10. The average Bonchev–Trinajstić information content (AvgIpc) is 2.68. The minimum Gasteiger partial charge on any atom is -0.383 e. The van der Waals surface area contributed by atoms with Gasteiger partial charge >= 0.3 is 0 Å². The van der Waals surface area contributed by atoms with Crippen LogP contribution in [0.1, 0.15) is 17.3 Å². The monoisotopic (exact) mass is 352 g/mol. The number of nitrogens with one attached hydrogen (secondary N) is 1. The van der Waals surface area contributed by atoms with Crippen LogP contribution in [0.4, 0.5) is 0 Å². The number of nitrogens with zero attached hydrogens (tertiary/aromatic N) is 3. The lowest BCUT2D eigenvalue weighted by atomic mass is 10.1. The number of fused-ring (bicyclic) bond motifs is 1. The lowest BCUT2D eigenvalue weighted by Crippen LogP contribution is -2.27. The van der Waals surface area contributed by atoms with E-state index in [4.69, 9.17) is 4.74 Å². The molecule has 0 fully saturated rings. The smallest absolute Gasteiger partial charge is 0.278 e. The molecule has 1 N–H and O–H groups in total. The first-order valence-electron chi connectivity index (χ1n) is 8.39. The maximum atomic E-state index is 12.8. The van der Waals surface area contributed by atoms with E-state index in [1.807, 2.05) is 13.0 Å². The fourth-order valence-corrected chi connectivity index (χ4v) is 2.71. The van der Waals surface area contributed by atoms with Crippen LogP contribution in [0.3, 0.4) is 0 Å². The van der Waals surface area contributed by atoms with Gasteiger partial charge in [0, 0.05) is 37.5 Å². The molecule has 1 aromatic carbocycles. The van der Waals surface area contributed by atoms with E-state index in [0.717, 1.165) is 0 Å². The number of hydrogen-bond donors (Lipinski definition) is 1. The Morgan fingerprint density at radius 3 is 2.69 bits per heavy atom. The Bertz CT molecular complexity index is 980. The zero-order valence-corrected chi connectivity index (χ0v) is 14.7. The molecule has 0 saturated heterocycles. The van der Waals surface area contributed by atoms with Gasteiger partial charge in [0.2, 0.25) is 0 Å². The van der Waals surface area contributed by atoms with Crippen molar-refractivity contribution in [3.8, 4) is 11.3 Å². The molecule has 1 amide bonds. The van der Waals surface area contributed by atoms with Gasteiger partial charge in [-0.25, -0.2) is 9.97 Å². The first-order chi connectivity index (χ1) is 12.7. The van der Waals surface area contributed by atoms with E-state index in [1.165, 1.54) is 0 Å². The van der Waals surface area contributed by atoms with Crippen LogP contribution < -0.4 is 10.9 Å². The fraction of sp³-hybridized carbons (Fsp3) is 0.263. The summed E-state index contributed by atoms with van der Waals surface area (Å²) in [5.41, 5.74) is 2.55. The van der Waals surface area contributed by atoms with Crippen LogP contribution >= 0.6 is 0 Å². The highest BCUT2D eigenvalue weighted by Crippen LogP contribution is 2.17. The molecule has 0 spiro atoms. The first-order valence-corrected chi connectivity index (χ1v) is 8.39. The topological polar surface area (TPSA) is 86.1 Å². The van der Waals surface area contributed by atoms with Crippen molar-refractivity contribution < 1.29 is 9.53 Å². The Balaban J connectivity index is 1.96. The Hall–Kier alpha value is -3.06. The van der Waals surface area contributed by atoms with Gasteiger partial charge in [0.05, 0.1) is 6.61 Å². The van der Waals surface area contributed by atoms with Crippen molar-refractivity contribution in [3.05, 3.63) is 58.5 Å². The fourth-order valence-electron chi connectivity index (χ4n) is 2.71. The molecular formula is C19H20N4O3. The number of aryl methyl sites for hydroxylation is 1. The van der Waals surface area contributed by atoms with E-state index in [-0.39, 0.29) is 11.5 Å². The molecule has 0 saturated carbocycles. The van der Waals surface area contributed by atoms with E-state index in [2.05, 4.69) is 15.3 Å². The Labute approximate surface area is 150 Å². The van der Waals surface area contributed by atoms with Crippen LogP contribution in [-0.2, 0) is 11.3 Å². The number of carbonyl (C=O) groups is 1. The molecule has 0 atom stereocenters. The largest absolute Gasteiger partial charge is 0.383 e. The number of amides is 1. The summed E-state index contributed by atoms with van der Waals surface area (Å²) in [4.78, 5) is 33.6. The second-order valence-corrected chi connectivity index (χ2v) is 5.68. The van der Waals surface area contributed by atoms with Crippen molar-refractivity contribution in [3.63, 3.8) is 0 Å². The van der Waals surface area contributed by atoms with E-state index in [9.17, 15) is 9.59 Å². The summed E-state index contributed by atoms with van der Waals surface area (Å²) in [5, 5.41) is 2.76. The summed E-state index contributed by atoms with van der Waals surface area (Å²) in [6.45, 7) is 3.29. The number of ether oxygens (including phenoxy) is 1. The number of benzene rings is 1. The number of hydrogen-bond acceptors (Lipinski definition) is 5. The molecule has 0 aliphatic heterocycles. The van der Waals surface area contributed by atoms with Crippen molar-refractivity contribution in [2.75, 3.05) is 20.3 Å². The van der Waals surface area contributed by atoms with E-state index in [0.29, 0.717) is 47.7 Å². The molecule has 7 heteroatoms. The predicted octanol–water partition coefficient (Wildman–Crippen LogP) is 1.85. The predicted molar refractivity (Wildman–Crippen MR) is 99.1 cm³/mol. The number of carbonyl (C=O) groups excluding carboxylic acids is 1. The molecule has 0 radical (unpaired) electrons. The zero-order valence-electron chi connectivity index (χ0n) is 14.7. The van der Waals surface area contributed by atoms with Crippen LogP contribution in [0.15, 0.2) is 47.4 Å². The molecule has 2 heterocycles. The average molecular weight is 352 g/mol. The van der Waals surface area contributed by atoms with Crippen molar-refractivity contribution >= 4 is 17.1 Å². The van der Waals surface area contributed by atoms with Crippen LogP contribution in [0.25, 0.3) is 22.4 Å². The Morgan fingerprint density at radius 2 is 2.00 bits per heavy atom. The third-order valence-corrected chi connectivity index (χ3v) is 4.03. The maximum absolute atomic E-state index is 12.8. The highest BCUT2D eigenvalue weighted by Gasteiger charge is 2.13.